The minimum absolute atomic E-state index is 0.573. The van der Waals surface area contributed by atoms with Gasteiger partial charge in [-0.1, -0.05) is 39.1 Å². The number of benzene rings is 1. The average Bonchev–Trinajstić information content (AvgIpc) is 2.25. The highest BCUT2D eigenvalue weighted by Crippen LogP contribution is 2.31. The zero-order chi connectivity index (χ0) is 12.4. The molecule has 0 amide bonds. The van der Waals surface area contributed by atoms with Crippen molar-refractivity contribution in [3.05, 3.63) is 49.5 Å². The van der Waals surface area contributed by atoms with Crippen molar-refractivity contribution in [3.63, 3.8) is 0 Å². The second-order valence-electron chi connectivity index (χ2n) is 3.23. The highest BCUT2D eigenvalue weighted by molar-refractivity contribution is 9.10. The number of anilines is 2. The largest absolute Gasteiger partial charge is 0.338 e. The Balaban J connectivity index is 2.31. The van der Waals surface area contributed by atoms with Gasteiger partial charge in [0.15, 0.2) is 0 Å². The fraction of sp³-hybridized carbons (Fsp3) is 0. The van der Waals surface area contributed by atoms with Gasteiger partial charge in [0.1, 0.15) is 5.82 Å². The second-order valence-corrected chi connectivity index (χ2v) is 5.85. The molecule has 0 spiro atoms. The lowest BCUT2D eigenvalue weighted by atomic mass is 10.3. The maximum Gasteiger partial charge on any atom is 0.144 e. The molecule has 2 nitrogen and oxygen atoms in total. The van der Waals surface area contributed by atoms with Crippen molar-refractivity contribution in [2.75, 3.05) is 5.32 Å². The molecule has 0 unspecified atom stereocenters. The Bertz CT molecular complexity index is 512. The van der Waals surface area contributed by atoms with Crippen LogP contribution in [0.2, 0.25) is 10.0 Å². The Morgan fingerprint density at radius 1 is 1.12 bits per heavy atom. The molecule has 1 N–H and O–H groups in total. The highest BCUT2D eigenvalue weighted by Gasteiger charge is 2.06. The van der Waals surface area contributed by atoms with Crippen LogP contribution < -0.4 is 5.32 Å². The Morgan fingerprint density at radius 2 is 1.88 bits per heavy atom. The van der Waals surface area contributed by atoms with Gasteiger partial charge in [0.25, 0.3) is 0 Å². The summed E-state index contributed by atoms with van der Waals surface area (Å²) in [4.78, 5) is 4.18. The van der Waals surface area contributed by atoms with Crippen LogP contribution in [0.5, 0.6) is 0 Å². The van der Waals surface area contributed by atoms with E-state index in [9.17, 15) is 0 Å². The second kappa shape index (κ2) is 5.57. The van der Waals surface area contributed by atoms with E-state index in [2.05, 4.69) is 42.2 Å². The molecule has 0 atom stereocenters. The predicted molar refractivity (Wildman–Crippen MR) is 79.4 cm³/mol. The normalized spacial score (nSPS) is 10.4. The summed E-state index contributed by atoms with van der Waals surface area (Å²) in [5.74, 6) is 0.665. The van der Waals surface area contributed by atoms with Gasteiger partial charge in [-0.25, -0.2) is 4.98 Å². The van der Waals surface area contributed by atoms with Gasteiger partial charge in [-0.15, -0.1) is 0 Å². The molecule has 88 valence electrons. The number of nitrogens with zero attached hydrogens (tertiary/aromatic N) is 1. The molecule has 2 rings (SSSR count). The van der Waals surface area contributed by atoms with E-state index < -0.39 is 0 Å². The maximum atomic E-state index is 6.10. The first-order valence-electron chi connectivity index (χ1n) is 4.59. The molecular formula is C11H6Br2Cl2N2. The van der Waals surface area contributed by atoms with E-state index in [1.54, 1.807) is 12.3 Å². The van der Waals surface area contributed by atoms with Crippen LogP contribution >= 0.6 is 55.1 Å². The Morgan fingerprint density at radius 3 is 2.53 bits per heavy atom. The SMILES string of the molecule is Clc1cnc(Nc2ccc(Br)cc2Cl)c(Br)c1. The smallest absolute Gasteiger partial charge is 0.144 e. The van der Waals surface area contributed by atoms with Gasteiger partial charge in [-0.2, -0.15) is 0 Å². The molecular weight excluding hydrogens is 391 g/mol. The van der Waals surface area contributed by atoms with Crippen molar-refractivity contribution in [2.24, 2.45) is 0 Å². The van der Waals surface area contributed by atoms with Crippen LogP contribution in [-0.2, 0) is 0 Å². The van der Waals surface area contributed by atoms with E-state index >= 15 is 0 Å². The van der Waals surface area contributed by atoms with Crippen molar-refractivity contribution in [2.45, 2.75) is 0 Å². The zero-order valence-corrected chi connectivity index (χ0v) is 13.0. The quantitative estimate of drug-likeness (QED) is 0.708. The number of aromatic nitrogens is 1. The standard InChI is InChI=1S/C11H6Br2Cl2N2/c12-6-1-2-10(9(15)3-6)17-11-8(13)4-7(14)5-16-11/h1-5H,(H,16,17). The van der Waals surface area contributed by atoms with Crippen molar-refractivity contribution in [1.29, 1.82) is 0 Å². The molecule has 17 heavy (non-hydrogen) atoms. The summed E-state index contributed by atoms with van der Waals surface area (Å²) in [7, 11) is 0. The van der Waals surface area contributed by atoms with E-state index in [1.807, 2.05) is 18.2 Å². The fourth-order valence-electron chi connectivity index (χ4n) is 1.22. The van der Waals surface area contributed by atoms with Crippen LogP contribution in [0.1, 0.15) is 0 Å². The summed E-state index contributed by atoms with van der Waals surface area (Å²) in [6.45, 7) is 0. The molecule has 1 heterocycles. The lowest BCUT2D eigenvalue weighted by Crippen LogP contribution is -1.95. The molecule has 0 radical (unpaired) electrons. The topological polar surface area (TPSA) is 24.9 Å². The Kier molecular flexibility index (Phi) is 4.31. The molecule has 0 fully saturated rings. The van der Waals surface area contributed by atoms with Crippen molar-refractivity contribution in [1.82, 2.24) is 4.98 Å². The molecule has 0 aliphatic carbocycles. The minimum Gasteiger partial charge on any atom is -0.338 e. The van der Waals surface area contributed by atoms with Crippen molar-refractivity contribution < 1.29 is 0 Å². The van der Waals surface area contributed by atoms with Crippen LogP contribution in [0.15, 0.2) is 39.4 Å². The lowest BCUT2D eigenvalue weighted by Gasteiger charge is -2.09. The first kappa shape index (κ1) is 13.1. The molecule has 6 heteroatoms. The van der Waals surface area contributed by atoms with Gasteiger partial charge >= 0.3 is 0 Å². The molecule has 1 aromatic carbocycles. The van der Waals surface area contributed by atoms with Gasteiger partial charge < -0.3 is 5.32 Å². The number of pyridine rings is 1. The summed E-state index contributed by atoms with van der Waals surface area (Å²) in [6.07, 6.45) is 1.57. The number of hydrogen-bond donors (Lipinski definition) is 1. The van der Waals surface area contributed by atoms with Gasteiger partial charge in [0, 0.05) is 10.7 Å². The predicted octanol–water partition coefficient (Wildman–Crippen LogP) is 5.66. The zero-order valence-electron chi connectivity index (χ0n) is 8.35. The molecule has 0 saturated carbocycles. The van der Waals surface area contributed by atoms with Crippen LogP contribution in [-0.4, -0.2) is 4.98 Å². The third-order valence-corrected chi connectivity index (χ3v) is 3.61. The summed E-state index contributed by atoms with van der Waals surface area (Å²) >= 11 is 18.7. The van der Waals surface area contributed by atoms with Gasteiger partial charge in [0.05, 0.1) is 20.2 Å². The van der Waals surface area contributed by atoms with E-state index in [-0.39, 0.29) is 0 Å². The van der Waals surface area contributed by atoms with E-state index in [1.165, 1.54) is 0 Å². The number of hydrogen-bond acceptors (Lipinski definition) is 2. The average molecular weight is 397 g/mol. The van der Waals surface area contributed by atoms with E-state index in [0.717, 1.165) is 14.6 Å². The van der Waals surface area contributed by atoms with Gasteiger partial charge in [-0.05, 0) is 40.2 Å². The van der Waals surface area contributed by atoms with Gasteiger partial charge in [-0.3, -0.25) is 0 Å². The van der Waals surface area contributed by atoms with Crippen LogP contribution in [0.4, 0.5) is 11.5 Å². The van der Waals surface area contributed by atoms with Crippen LogP contribution in [0.3, 0.4) is 0 Å². The molecule has 1 aromatic heterocycles. The monoisotopic (exact) mass is 394 g/mol. The number of halogens is 4. The summed E-state index contributed by atoms with van der Waals surface area (Å²) in [6, 6.07) is 7.35. The van der Waals surface area contributed by atoms with E-state index in [4.69, 9.17) is 23.2 Å². The molecule has 0 aliphatic heterocycles. The summed E-state index contributed by atoms with van der Waals surface area (Å²) in [5, 5.41) is 4.31. The first-order valence-corrected chi connectivity index (χ1v) is 6.93. The minimum atomic E-state index is 0.573. The van der Waals surface area contributed by atoms with Crippen LogP contribution in [0.25, 0.3) is 0 Å². The van der Waals surface area contributed by atoms with Crippen molar-refractivity contribution in [3.8, 4) is 0 Å². The third kappa shape index (κ3) is 3.35. The summed E-state index contributed by atoms with van der Waals surface area (Å²) in [5.41, 5.74) is 0.783. The molecule has 0 bridgehead atoms. The molecule has 0 aliphatic rings. The van der Waals surface area contributed by atoms with Crippen LogP contribution in [0, 0.1) is 0 Å². The number of rotatable bonds is 2. The Labute approximate surface area is 126 Å². The first-order chi connectivity index (χ1) is 8.06. The van der Waals surface area contributed by atoms with Crippen molar-refractivity contribution >= 4 is 66.6 Å². The molecule has 0 saturated heterocycles. The number of nitrogens with one attached hydrogen (secondary N) is 1. The third-order valence-electron chi connectivity index (χ3n) is 1.99. The van der Waals surface area contributed by atoms with Gasteiger partial charge in [0.2, 0.25) is 0 Å². The Hall–Kier alpha value is -0.290. The highest BCUT2D eigenvalue weighted by atomic mass is 79.9. The maximum absolute atomic E-state index is 6.10. The lowest BCUT2D eigenvalue weighted by molar-refractivity contribution is 1.29. The van der Waals surface area contributed by atoms with E-state index in [0.29, 0.717) is 15.9 Å². The fourth-order valence-corrected chi connectivity index (χ4v) is 2.68. The molecule has 2 aromatic rings. The summed E-state index contributed by atoms with van der Waals surface area (Å²) < 4.78 is 1.71.